The van der Waals surface area contributed by atoms with Crippen LogP contribution in [0.5, 0.6) is 0 Å². The first-order valence-electron chi connectivity index (χ1n) is 5.79. The summed E-state index contributed by atoms with van der Waals surface area (Å²) in [5, 5.41) is 1.93. The molecule has 92 valence electrons. The lowest BCUT2D eigenvalue weighted by Crippen LogP contribution is -2.10. The van der Waals surface area contributed by atoms with Crippen molar-refractivity contribution in [1.82, 2.24) is 0 Å². The molecule has 2 rings (SSSR count). The van der Waals surface area contributed by atoms with Gasteiger partial charge < -0.3 is 0 Å². The highest BCUT2D eigenvalue weighted by atomic mass is 33.1. The summed E-state index contributed by atoms with van der Waals surface area (Å²) in [6, 6.07) is 0. The highest BCUT2D eigenvalue weighted by Crippen LogP contribution is 2.36. The fourth-order valence-electron chi connectivity index (χ4n) is 1.40. The molecule has 0 radical (unpaired) electrons. The number of rotatable bonds is 8. The topological polar surface area (TPSA) is 34.1 Å². The van der Waals surface area contributed by atoms with Crippen molar-refractivity contribution in [1.29, 1.82) is 0 Å². The Morgan fingerprint density at radius 3 is 2.44 bits per heavy atom. The van der Waals surface area contributed by atoms with Crippen LogP contribution in [0.1, 0.15) is 25.7 Å². The van der Waals surface area contributed by atoms with Gasteiger partial charge in [0.1, 0.15) is 0 Å². The van der Waals surface area contributed by atoms with Crippen molar-refractivity contribution < 1.29 is 8.42 Å². The maximum atomic E-state index is 11.6. The van der Waals surface area contributed by atoms with Crippen molar-refractivity contribution in [2.75, 3.05) is 17.3 Å². The maximum absolute atomic E-state index is 11.6. The molecule has 0 unspecified atom stereocenters. The Morgan fingerprint density at radius 1 is 1.12 bits per heavy atom. The molecule has 0 atom stereocenters. The minimum Gasteiger partial charge on any atom is -0.229 e. The van der Waals surface area contributed by atoms with E-state index in [0.717, 1.165) is 18.8 Å². The summed E-state index contributed by atoms with van der Waals surface area (Å²) in [7, 11) is 0.685. The van der Waals surface area contributed by atoms with E-state index in [1.165, 1.54) is 18.6 Å². The molecule has 2 nitrogen and oxygen atoms in total. The van der Waals surface area contributed by atoms with Crippen LogP contribution in [-0.2, 0) is 9.84 Å². The zero-order valence-electron chi connectivity index (χ0n) is 9.30. The smallest absolute Gasteiger partial charge is 0.154 e. The fourth-order valence-corrected chi connectivity index (χ4v) is 5.24. The molecule has 2 aliphatic rings. The first-order chi connectivity index (χ1) is 7.66. The second-order valence-electron chi connectivity index (χ2n) is 4.72. The zero-order valence-corrected chi connectivity index (χ0v) is 11.7. The Labute approximate surface area is 106 Å². The number of sulfone groups is 1. The normalized spacial score (nSPS) is 21.8. The van der Waals surface area contributed by atoms with Gasteiger partial charge in [-0.05, 0) is 42.9 Å². The van der Waals surface area contributed by atoms with E-state index in [9.17, 15) is 8.42 Å². The van der Waals surface area contributed by atoms with Gasteiger partial charge in [-0.1, -0.05) is 27.7 Å². The van der Waals surface area contributed by atoms with Crippen molar-refractivity contribution in [2.45, 2.75) is 25.7 Å². The molecule has 16 heavy (non-hydrogen) atoms. The summed E-state index contributed by atoms with van der Waals surface area (Å²) in [5.74, 6) is 3.24. The molecule has 0 heterocycles. The van der Waals surface area contributed by atoms with E-state index in [2.05, 4.69) is 0 Å². The lowest BCUT2D eigenvalue weighted by Gasteiger charge is -1.98. The highest BCUT2D eigenvalue weighted by Gasteiger charge is 2.27. The van der Waals surface area contributed by atoms with Crippen molar-refractivity contribution >= 4 is 31.4 Å². The van der Waals surface area contributed by atoms with Crippen molar-refractivity contribution in [2.24, 2.45) is 11.8 Å². The number of hydrogen-bond acceptors (Lipinski definition) is 4. The fraction of sp³-hybridized carbons (Fsp3) is 0.818. The highest BCUT2D eigenvalue weighted by molar-refractivity contribution is 8.77. The third-order valence-electron chi connectivity index (χ3n) is 2.76. The minimum absolute atomic E-state index is 0.223. The van der Waals surface area contributed by atoms with Crippen LogP contribution in [-0.4, -0.2) is 25.7 Å². The van der Waals surface area contributed by atoms with Crippen molar-refractivity contribution in [3.05, 3.63) is 11.5 Å². The summed E-state index contributed by atoms with van der Waals surface area (Å²) in [4.78, 5) is 0. The summed E-state index contributed by atoms with van der Waals surface area (Å²) >= 11 is 0. The van der Waals surface area contributed by atoms with Crippen LogP contribution >= 0.6 is 21.6 Å². The monoisotopic (exact) mass is 278 g/mol. The Balaban J connectivity index is 1.55. The van der Waals surface area contributed by atoms with Crippen LogP contribution < -0.4 is 0 Å². The van der Waals surface area contributed by atoms with Crippen LogP contribution in [0.2, 0.25) is 0 Å². The van der Waals surface area contributed by atoms with Crippen LogP contribution in [0.4, 0.5) is 0 Å². The lowest BCUT2D eigenvalue weighted by atomic mass is 10.5. The SMILES string of the molecule is O=S(=O)(C/C=C\SSCC1CC1)CC1CC1. The predicted molar refractivity (Wildman–Crippen MR) is 73.3 cm³/mol. The molecule has 0 amide bonds. The van der Waals surface area contributed by atoms with Gasteiger partial charge in [-0.2, -0.15) is 0 Å². The van der Waals surface area contributed by atoms with Gasteiger partial charge in [-0.3, -0.25) is 0 Å². The van der Waals surface area contributed by atoms with Crippen LogP contribution in [0.3, 0.4) is 0 Å². The van der Waals surface area contributed by atoms with E-state index in [-0.39, 0.29) is 5.75 Å². The lowest BCUT2D eigenvalue weighted by molar-refractivity contribution is 0.595. The Bertz CT molecular complexity index is 340. The third kappa shape index (κ3) is 5.64. The van der Waals surface area contributed by atoms with Crippen LogP contribution in [0.15, 0.2) is 11.5 Å². The molecule has 0 aromatic carbocycles. The molecular weight excluding hydrogens is 260 g/mol. The Morgan fingerprint density at radius 2 is 1.81 bits per heavy atom. The summed E-state index contributed by atoms with van der Waals surface area (Å²) < 4.78 is 23.1. The zero-order chi connectivity index (χ0) is 11.4. The van der Waals surface area contributed by atoms with E-state index in [4.69, 9.17) is 0 Å². The van der Waals surface area contributed by atoms with E-state index < -0.39 is 9.84 Å². The second-order valence-corrected chi connectivity index (χ2v) is 9.19. The molecule has 0 aromatic rings. The molecule has 5 heteroatoms. The van der Waals surface area contributed by atoms with Gasteiger partial charge in [0, 0.05) is 5.75 Å². The van der Waals surface area contributed by atoms with Gasteiger partial charge in [-0.25, -0.2) is 8.42 Å². The molecule has 0 saturated heterocycles. The molecule has 2 saturated carbocycles. The van der Waals surface area contributed by atoms with Gasteiger partial charge in [0.05, 0.1) is 11.5 Å². The summed E-state index contributed by atoms with van der Waals surface area (Å²) in [5.41, 5.74) is 0. The first kappa shape index (κ1) is 12.8. The first-order valence-corrected chi connectivity index (χ1v) is 10.00. The van der Waals surface area contributed by atoms with E-state index in [1.54, 1.807) is 16.9 Å². The summed E-state index contributed by atoms with van der Waals surface area (Å²) in [6.07, 6.45) is 6.77. The predicted octanol–water partition coefficient (Wildman–Crippen LogP) is 3.12. The summed E-state index contributed by atoms with van der Waals surface area (Å²) in [6.45, 7) is 0. The van der Waals surface area contributed by atoms with Gasteiger partial charge in [0.25, 0.3) is 0 Å². The molecule has 0 bridgehead atoms. The largest absolute Gasteiger partial charge is 0.229 e. The average Bonchev–Trinajstić information content (AvgIpc) is 3.04. The van der Waals surface area contributed by atoms with Gasteiger partial charge in [0.2, 0.25) is 0 Å². The van der Waals surface area contributed by atoms with E-state index in [0.29, 0.717) is 11.7 Å². The molecule has 2 aliphatic carbocycles. The third-order valence-corrected chi connectivity index (χ3v) is 6.63. The van der Waals surface area contributed by atoms with Gasteiger partial charge in [0.15, 0.2) is 9.84 Å². The average molecular weight is 278 g/mol. The molecule has 0 N–H and O–H groups in total. The maximum Gasteiger partial charge on any atom is 0.154 e. The van der Waals surface area contributed by atoms with Gasteiger partial charge in [-0.15, -0.1) is 0 Å². The molecule has 2 fully saturated rings. The quantitative estimate of drug-likeness (QED) is 0.505. The second kappa shape index (κ2) is 5.83. The van der Waals surface area contributed by atoms with Crippen molar-refractivity contribution in [3.8, 4) is 0 Å². The Kier molecular flexibility index (Phi) is 4.67. The van der Waals surface area contributed by atoms with Crippen LogP contribution in [0, 0.1) is 11.8 Å². The van der Waals surface area contributed by atoms with Crippen molar-refractivity contribution in [3.63, 3.8) is 0 Å². The molecule has 0 aliphatic heterocycles. The molecule has 0 aromatic heterocycles. The van der Waals surface area contributed by atoms with E-state index in [1.807, 2.05) is 16.2 Å². The minimum atomic E-state index is -2.82. The molecular formula is C11H18O2S3. The number of hydrogen-bond donors (Lipinski definition) is 0. The standard InChI is InChI=1S/C11H18O2S3/c12-16(13,9-11-4-5-11)7-1-6-14-15-8-10-2-3-10/h1,6,10-11H,2-5,7-9H2/b6-1-. The Hall–Kier alpha value is 0.390. The van der Waals surface area contributed by atoms with E-state index >= 15 is 0 Å². The van der Waals surface area contributed by atoms with Crippen LogP contribution in [0.25, 0.3) is 0 Å². The van der Waals surface area contributed by atoms with Gasteiger partial charge >= 0.3 is 0 Å². The molecule has 0 spiro atoms.